The molecule has 26 heavy (non-hydrogen) atoms. The zero-order valence-electron chi connectivity index (χ0n) is 17.3. The molecular weight excluding hydrogens is 346 g/mol. The van der Waals surface area contributed by atoms with Crippen LogP contribution in [0, 0.1) is 11.3 Å². The SMILES string of the molecule is CCc1cc(C(=O)C[C@@H]2NC(=O)[C@H]2[C@@](C)(O[SiH](C)C)C(C)(C)C)nn1C. The number of aryl methyl sites for hydroxylation is 2. The zero-order chi connectivity index (χ0) is 19.9. The summed E-state index contributed by atoms with van der Waals surface area (Å²) in [7, 11) is 0.479. The monoisotopic (exact) mass is 379 g/mol. The standard InChI is InChI=1S/C19H33N3O3Si/c1-9-12-10-13(21-22(12)6)15(23)11-14-16(17(24)20-14)19(5,18(2,3)4)25-26(7)8/h10,14,16,26H,9,11H2,1-8H3,(H,20,24)/t14-,16-,19+/m0/s1. The highest BCUT2D eigenvalue weighted by Crippen LogP contribution is 2.45. The Bertz CT molecular complexity index is 693. The molecule has 1 aromatic rings. The number of rotatable bonds is 7. The number of β-lactam (4-membered cyclic amide) rings is 1. The van der Waals surface area contributed by atoms with Gasteiger partial charge in [-0.15, -0.1) is 0 Å². The van der Waals surface area contributed by atoms with E-state index in [0.717, 1.165) is 12.1 Å². The van der Waals surface area contributed by atoms with Crippen molar-refractivity contribution in [3.05, 3.63) is 17.5 Å². The number of nitrogens with one attached hydrogen (secondary N) is 1. The van der Waals surface area contributed by atoms with Gasteiger partial charge in [0.25, 0.3) is 0 Å². The van der Waals surface area contributed by atoms with Gasteiger partial charge in [-0.05, 0) is 37.9 Å². The summed E-state index contributed by atoms with van der Waals surface area (Å²) in [6, 6.07) is 1.64. The molecule has 0 radical (unpaired) electrons. The third kappa shape index (κ3) is 3.78. The molecule has 1 aliphatic heterocycles. The van der Waals surface area contributed by atoms with Gasteiger partial charge in [-0.2, -0.15) is 5.10 Å². The molecule has 1 amide bonds. The van der Waals surface area contributed by atoms with Gasteiger partial charge in [0.05, 0.1) is 17.6 Å². The Morgan fingerprint density at radius 3 is 2.38 bits per heavy atom. The molecule has 2 rings (SSSR count). The molecule has 1 N–H and O–H groups in total. The number of hydrogen-bond acceptors (Lipinski definition) is 4. The second-order valence-electron chi connectivity index (χ2n) is 8.74. The summed E-state index contributed by atoms with van der Waals surface area (Å²) in [5.41, 5.74) is 0.686. The van der Waals surface area contributed by atoms with E-state index in [4.69, 9.17) is 4.43 Å². The average molecular weight is 380 g/mol. The van der Waals surface area contributed by atoms with Crippen LogP contribution in [0.25, 0.3) is 0 Å². The molecule has 0 saturated carbocycles. The Hall–Kier alpha value is -1.47. The number of carbonyl (C=O) groups is 2. The molecule has 0 unspecified atom stereocenters. The quantitative estimate of drug-likeness (QED) is 0.449. The van der Waals surface area contributed by atoms with Crippen molar-refractivity contribution in [2.75, 3.05) is 0 Å². The van der Waals surface area contributed by atoms with Crippen molar-refractivity contribution < 1.29 is 14.0 Å². The smallest absolute Gasteiger partial charge is 0.228 e. The molecule has 146 valence electrons. The van der Waals surface area contributed by atoms with Crippen molar-refractivity contribution in [3.8, 4) is 0 Å². The Balaban J connectivity index is 2.21. The van der Waals surface area contributed by atoms with E-state index >= 15 is 0 Å². The van der Waals surface area contributed by atoms with E-state index in [1.54, 1.807) is 4.68 Å². The lowest BCUT2D eigenvalue weighted by atomic mass is 9.64. The predicted molar refractivity (Wildman–Crippen MR) is 105 cm³/mol. The van der Waals surface area contributed by atoms with Crippen molar-refractivity contribution in [2.45, 2.75) is 72.2 Å². The Morgan fingerprint density at radius 1 is 1.35 bits per heavy atom. The van der Waals surface area contributed by atoms with Crippen molar-refractivity contribution in [3.63, 3.8) is 0 Å². The van der Waals surface area contributed by atoms with Crippen LogP contribution in [0.5, 0.6) is 0 Å². The van der Waals surface area contributed by atoms with Crippen molar-refractivity contribution in [2.24, 2.45) is 18.4 Å². The van der Waals surface area contributed by atoms with Crippen LogP contribution in [0.4, 0.5) is 0 Å². The van der Waals surface area contributed by atoms with Gasteiger partial charge in [0.2, 0.25) is 5.91 Å². The lowest BCUT2D eigenvalue weighted by molar-refractivity contribution is -0.158. The molecule has 0 aliphatic carbocycles. The zero-order valence-corrected chi connectivity index (χ0v) is 18.5. The fourth-order valence-corrected chi connectivity index (χ4v) is 5.21. The maximum absolute atomic E-state index is 12.7. The normalized spacial score (nSPS) is 22.7. The molecule has 7 heteroatoms. The number of nitrogens with zero attached hydrogens (tertiary/aromatic N) is 2. The predicted octanol–water partition coefficient (Wildman–Crippen LogP) is 2.47. The summed E-state index contributed by atoms with van der Waals surface area (Å²) in [6.07, 6.45) is 1.08. The average Bonchev–Trinajstić information content (AvgIpc) is 2.85. The van der Waals surface area contributed by atoms with Gasteiger partial charge < -0.3 is 9.74 Å². The molecule has 1 aliphatic rings. The van der Waals surface area contributed by atoms with Gasteiger partial charge in [-0.3, -0.25) is 14.3 Å². The van der Waals surface area contributed by atoms with E-state index in [-0.39, 0.29) is 35.5 Å². The van der Waals surface area contributed by atoms with Crippen LogP contribution in [-0.2, 0) is 22.7 Å². The molecule has 3 atom stereocenters. The largest absolute Gasteiger partial charge is 0.414 e. The second kappa shape index (κ2) is 7.27. The minimum absolute atomic E-state index is 0.0230. The van der Waals surface area contributed by atoms with Gasteiger partial charge in [0.15, 0.2) is 14.8 Å². The number of ketones is 1. The van der Waals surface area contributed by atoms with E-state index in [2.05, 4.69) is 44.3 Å². The number of Topliss-reactive ketones (excluding diaryl/α,β-unsaturated/α-hetero) is 1. The highest BCUT2D eigenvalue weighted by molar-refractivity contribution is 6.48. The molecular formula is C19H33N3O3Si. The second-order valence-corrected chi connectivity index (χ2v) is 11.1. The van der Waals surface area contributed by atoms with E-state index in [0.29, 0.717) is 5.69 Å². The molecule has 1 saturated heterocycles. The molecule has 2 heterocycles. The fourth-order valence-electron chi connectivity index (χ4n) is 3.73. The fraction of sp³-hybridized carbons (Fsp3) is 0.737. The van der Waals surface area contributed by atoms with E-state index in [1.807, 2.05) is 27.0 Å². The van der Waals surface area contributed by atoms with Gasteiger partial charge in [-0.1, -0.05) is 27.7 Å². The maximum Gasteiger partial charge on any atom is 0.228 e. The van der Waals surface area contributed by atoms with Crippen LogP contribution in [0.15, 0.2) is 6.07 Å². The van der Waals surface area contributed by atoms with E-state index in [1.165, 1.54) is 0 Å². The van der Waals surface area contributed by atoms with E-state index in [9.17, 15) is 9.59 Å². The summed E-state index contributed by atoms with van der Waals surface area (Å²) in [5.74, 6) is -0.380. The Labute approximate surface area is 158 Å². The Morgan fingerprint density at radius 2 is 1.96 bits per heavy atom. The minimum atomic E-state index is -1.37. The highest BCUT2D eigenvalue weighted by atomic mass is 28.3. The summed E-state index contributed by atoms with van der Waals surface area (Å²) < 4.78 is 8.13. The summed E-state index contributed by atoms with van der Waals surface area (Å²) in [4.78, 5) is 25.2. The number of amides is 1. The minimum Gasteiger partial charge on any atom is -0.414 e. The molecule has 0 aromatic carbocycles. The van der Waals surface area contributed by atoms with Crippen molar-refractivity contribution in [1.82, 2.24) is 15.1 Å². The third-order valence-electron chi connectivity index (χ3n) is 5.61. The van der Waals surface area contributed by atoms with Crippen LogP contribution in [0.2, 0.25) is 13.1 Å². The van der Waals surface area contributed by atoms with Crippen LogP contribution < -0.4 is 5.32 Å². The highest BCUT2D eigenvalue weighted by Gasteiger charge is 2.57. The first-order chi connectivity index (χ1) is 11.9. The van der Waals surface area contributed by atoms with Gasteiger partial charge in [0.1, 0.15) is 5.69 Å². The van der Waals surface area contributed by atoms with Crippen molar-refractivity contribution >= 4 is 20.7 Å². The first-order valence-corrected chi connectivity index (χ1v) is 12.2. The molecule has 1 aromatic heterocycles. The lowest BCUT2D eigenvalue weighted by Gasteiger charge is -2.54. The third-order valence-corrected chi connectivity index (χ3v) is 6.57. The van der Waals surface area contributed by atoms with Gasteiger partial charge in [-0.25, -0.2) is 0 Å². The van der Waals surface area contributed by atoms with Crippen LogP contribution in [0.3, 0.4) is 0 Å². The molecule has 6 nitrogen and oxygen atoms in total. The maximum atomic E-state index is 12.7. The lowest BCUT2D eigenvalue weighted by Crippen LogP contribution is -2.70. The Kier molecular flexibility index (Phi) is 5.82. The summed E-state index contributed by atoms with van der Waals surface area (Å²) in [6.45, 7) is 14.6. The van der Waals surface area contributed by atoms with Crippen LogP contribution >= 0.6 is 0 Å². The van der Waals surface area contributed by atoms with Gasteiger partial charge in [0, 0.05) is 19.2 Å². The number of aromatic nitrogens is 2. The first kappa shape index (κ1) is 20.8. The number of carbonyl (C=O) groups excluding carboxylic acids is 2. The summed E-state index contributed by atoms with van der Waals surface area (Å²) >= 11 is 0. The number of hydrogen-bond donors (Lipinski definition) is 1. The molecule has 0 bridgehead atoms. The molecule has 0 spiro atoms. The van der Waals surface area contributed by atoms with Crippen LogP contribution in [-0.4, -0.2) is 42.2 Å². The van der Waals surface area contributed by atoms with Crippen molar-refractivity contribution in [1.29, 1.82) is 0 Å². The van der Waals surface area contributed by atoms with Gasteiger partial charge >= 0.3 is 0 Å². The first-order valence-electron chi connectivity index (χ1n) is 9.45. The van der Waals surface area contributed by atoms with Crippen LogP contribution in [0.1, 0.15) is 57.2 Å². The molecule has 1 fully saturated rings. The van der Waals surface area contributed by atoms with E-state index < -0.39 is 14.6 Å². The summed E-state index contributed by atoms with van der Waals surface area (Å²) in [5, 5.41) is 7.25. The topological polar surface area (TPSA) is 73.2 Å².